The highest BCUT2D eigenvalue weighted by atomic mass is 32.1. The molecule has 0 fully saturated rings. The Morgan fingerprint density at radius 2 is 1.57 bits per heavy atom. The van der Waals surface area contributed by atoms with Gasteiger partial charge in [0.25, 0.3) is 0 Å². The lowest BCUT2D eigenvalue weighted by Crippen LogP contribution is -1.97. The number of benzene rings is 4. The highest BCUT2D eigenvalue weighted by Gasteiger charge is 2.19. The van der Waals surface area contributed by atoms with Crippen molar-refractivity contribution in [1.29, 1.82) is 0 Å². The molecule has 0 unspecified atom stereocenters. The molecule has 0 radical (unpaired) electrons. The van der Waals surface area contributed by atoms with Crippen molar-refractivity contribution in [3.05, 3.63) is 127 Å². The Labute approximate surface area is 235 Å². The Balaban J connectivity index is 1.45. The third-order valence-electron chi connectivity index (χ3n) is 7.69. The molecule has 0 spiro atoms. The molecule has 4 heterocycles. The monoisotopic (exact) mass is 532 g/mol. The van der Waals surface area contributed by atoms with Crippen LogP contribution < -0.4 is 0 Å². The van der Waals surface area contributed by atoms with Crippen LogP contribution in [-0.2, 0) is 7.05 Å². The Morgan fingerprint density at radius 3 is 2.42 bits per heavy atom. The summed E-state index contributed by atoms with van der Waals surface area (Å²) in [4.78, 5) is 10.9. The van der Waals surface area contributed by atoms with Crippen molar-refractivity contribution in [2.75, 3.05) is 0 Å². The second kappa shape index (κ2) is 9.04. The van der Waals surface area contributed by atoms with E-state index in [0.29, 0.717) is 0 Å². The van der Waals surface area contributed by atoms with Gasteiger partial charge in [-0.25, -0.2) is 4.98 Å². The van der Waals surface area contributed by atoms with Gasteiger partial charge in [0.2, 0.25) is 0 Å². The molecule has 0 saturated carbocycles. The van der Waals surface area contributed by atoms with Crippen LogP contribution in [0.25, 0.3) is 71.6 Å². The second-order valence-electron chi connectivity index (χ2n) is 9.99. The Hall–Kier alpha value is -5.00. The number of aromatic nitrogens is 4. The van der Waals surface area contributed by atoms with E-state index < -0.39 is 0 Å². The number of imidazole rings is 1. The van der Waals surface area contributed by atoms with Gasteiger partial charge in [-0.2, -0.15) is 0 Å². The van der Waals surface area contributed by atoms with Gasteiger partial charge >= 0.3 is 0 Å². The third kappa shape index (κ3) is 3.52. The molecule has 190 valence electrons. The maximum absolute atomic E-state index is 5.00. The summed E-state index contributed by atoms with van der Waals surface area (Å²) in [7, 11) is 2.09. The van der Waals surface area contributed by atoms with E-state index in [1.54, 1.807) is 11.3 Å². The number of pyridine rings is 1. The fourth-order valence-corrected chi connectivity index (χ4v) is 6.60. The minimum atomic E-state index is 0.959. The van der Waals surface area contributed by atoms with E-state index in [1.165, 1.54) is 26.7 Å². The van der Waals surface area contributed by atoms with Crippen LogP contribution in [0.4, 0.5) is 0 Å². The fraction of sp³-hybridized carbons (Fsp3) is 0.0286. The Bertz CT molecular complexity index is 2170. The molecule has 4 aromatic carbocycles. The Morgan fingerprint density at radius 1 is 0.675 bits per heavy atom. The number of hydrogen-bond acceptors (Lipinski definition) is 3. The summed E-state index contributed by atoms with van der Waals surface area (Å²) in [5.74, 6) is 0.959. The predicted molar refractivity (Wildman–Crippen MR) is 167 cm³/mol. The van der Waals surface area contributed by atoms with Gasteiger partial charge in [-0.3, -0.25) is 4.98 Å². The summed E-state index contributed by atoms with van der Waals surface area (Å²) in [6.45, 7) is 0. The average molecular weight is 533 g/mol. The average Bonchev–Trinajstić information content (AvgIpc) is 3.74. The van der Waals surface area contributed by atoms with Gasteiger partial charge in [0.15, 0.2) is 0 Å². The lowest BCUT2D eigenvalue weighted by molar-refractivity contribution is 0.959. The van der Waals surface area contributed by atoms with E-state index >= 15 is 0 Å². The molecule has 0 N–H and O–H groups in total. The molecular weight excluding hydrogens is 508 g/mol. The molecule has 4 aromatic heterocycles. The van der Waals surface area contributed by atoms with Crippen LogP contribution >= 0.6 is 11.3 Å². The predicted octanol–water partition coefficient (Wildman–Crippen LogP) is 9.13. The van der Waals surface area contributed by atoms with Crippen LogP contribution in [0.1, 0.15) is 0 Å². The molecular formula is C35H24N4S. The van der Waals surface area contributed by atoms with E-state index in [0.717, 1.165) is 44.9 Å². The lowest BCUT2D eigenvalue weighted by atomic mass is 10.1. The van der Waals surface area contributed by atoms with E-state index in [2.05, 4.69) is 124 Å². The van der Waals surface area contributed by atoms with Crippen LogP contribution in [0.15, 0.2) is 127 Å². The normalized spacial score (nSPS) is 11.6. The maximum Gasteiger partial charge on any atom is 0.140 e. The molecule has 0 bridgehead atoms. The maximum atomic E-state index is 5.00. The van der Waals surface area contributed by atoms with E-state index in [9.17, 15) is 0 Å². The van der Waals surface area contributed by atoms with Crippen molar-refractivity contribution < 1.29 is 0 Å². The standard InChI is InChI=1S/C35H24N4S/c1-38-31-15-3-2-14-30(31)37-35(38)24-17-18-26-27-11-7-12-28(33-16-8-20-40-33)34(27)39(32(26)22-24)25-10-6-9-23(21-25)29-13-4-5-19-36-29/h2-22H,1H3. The van der Waals surface area contributed by atoms with E-state index in [1.807, 2.05) is 24.4 Å². The van der Waals surface area contributed by atoms with Gasteiger partial charge < -0.3 is 9.13 Å². The molecule has 5 heteroatoms. The molecule has 4 nitrogen and oxygen atoms in total. The molecule has 0 aliphatic rings. The molecule has 0 amide bonds. The van der Waals surface area contributed by atoms with Crippen molar-refractivity contribution in [2.24, 2.45) is 7.05 Å². The summed E-state index contributed by atoms with van der Waals surface area (Å²) in [5.41, 5.74) is 9.98. The highest BCUT2D eigenvalue weighted by molar-refractivity contribution is 7.13. The van der Waals surface area contributed by atoms with Crippen LogP contribution in [0, 0.1) is 0 Å². The van der Waals surface area contributed by atoms with Gasteiger partial charge in [0.1, 0.15) is 5.82 Å². The minimum Gasteiger partial charge on any atom is -0.327 e. The molecule has 8 aromatic rings. The van der Waals surface area contributed by atoms with Gasteiger partial charge in [-0.1, -0.05) is 66.7 Å². The highest BCUT2D eigenvalue weighted by Crippen LogP contribution is 2.41. The van der Waals surface area contributed by atoms with Crippen molar-refractivity contribution in [2.45, 2.75) is 0 Å². The number of fused-ring (bicyclic) bond motifs is 4. The summed E-state index contributed by atoms with van der Waals surface area (Å²) >= 11 is 1.77. The zero-order valence-corrected chi connectivity index (χ0v) is 22.6. The number of aryl methyl sites for hydroxylation is 1. The van der Waals surface area contributed by atoms with Crippen LogP contribution in [0.3, 0.4) is 0 Å². The number of para-hydroxylation sites is 3. The van der Waals surface area contributed by atoms with Gasteiger partial charge in [-0.15, -0.1) is 11.3 Å². The first-order valence-corrected chi connectivity index (χ1v) is 14.2. The number of nitrogens with zero attached hydrogens (tertiary/aromatic N) is 4. The summed E-state index contributed by atoms with van der Waals surface area (Å²) in [5, 5.41) is 4.60. The first-order valence-electron chi connectivity index (χ1n) is 13.3. The quantitative estimate of drug-likeness (QED) is 0.227. The summed E-state index contributed by atoms with van der Waals surface area (Å²) in [6.07, 6.45) is 1.85. The zero-order valence-electron chi connectivity index (χ0n) is 21.8. The SMILES string of the molecule is Cn1c(-c2ccc3c4cccc(-c5cccs5)c4n(-c4cccc(-c5ccccn5)c4)c3c2)nc2ccccc21. The first-order chi connectivity index (χ1) is 19.8. The molecule has 0 aliphatic carbocycles. The lowest BCUT2D eigenvalue weighted by Gasteiger charge is -2.13. The molecule has 0 aliphatic heterocycles. The van der Waals surface area contributed by atoms with Gasteiger partial charge in [0, 0.05) is 51.3 Å². The van der Waals surface area contributed by atoms with E-state index in [4.69, 9.17) is 4.98 Å². The van der Waals surface area contributed by atoms with Crippen molar-refractivity contribution in [3.8, 4) is 38.8 Å². The van der Waals surface area contributed by atoms with E-state index in [-0.39, 0.29) is 0 Å². The van der Waals surface area contributed by atoms with Crippen molar-refractivity contribution in [3.63, 3.8) is 0 Å². The minimum absolute atomic E-state index is 0.959. The van der Waals surface area contributed by atoms with Crippen LogP contribution in [0.5, 0.6) is 0 Å². The van der Waals surface area contributed by atoms with Crippen molar-refractivity contribution in [1.82, 2.24) is 19.1 Å². The van der Waals surface area contributed by atoms with Crippen molar-refractivity contribution >= 4 is 44.2 Å². The first kappa shape index (κ1) is 22.9. The molecule has 40 heavy (non-hydrogen) atoms. The number of thiophene rings is 1. The molecule has 0 atom stereocenters. The third-order valence-corrected chi connectivity index (χ3v) is 8.59. The Kier molecular flexibility index (Phi) is 5.18. The summed E-state index contributed by atoms with van der Waals surface area (Å²) in [6, 6.07) is 40.8. The fourth-order valence-electron chi connectivity index (χ4n) is 5.85. The number of hydrogen-bond donors (Lipinski definition) is 0. The van der Waals surface area contributed by atoms with Crippen LogP contribution in [-0.4, -0.2) is 19.1 Å². The zero-order chi connectivity index (χ0) is 26.6. The molecule has 8 rings (SSSR count). The van der Waals surface area contributed by atoms with Gasteiger partial charge in [0.05, 0.1) is 27.8 Å². The second-order valence-corrected chi connectivity index (χ2v) is 10.9. The topological polar surface area (TPSA) is 35.6 Å². The molecule has 0 saturated heterocycles. The van der Waals surface area contributed by atoms with Crippen LogP contribution in [0.2, 0.25) is 0 Å². The smallest absolute Gasteiger partial charge is 0.140 e. The number of rotatable bonds is 4. The largest absolute Gasteiger partial charge is 0.327 e. The van der Waals surface area contributed by atoms with Gasteiger partial charge in [-0.05, 0) is 53.9 Å². The summed E-state index contributed by atoms with van der Waals surface area (Å²) < 4.78 is 4.60.